The zero-order valence-corrected chi connectivity index (χ0v) is 13.7. The number of rotatable bonds is 6. The van der Waals surface area contributed by atoms with Crippen molar-refractivity contribution < 1.29 is 0 Å². The summed E-state index contributed by atoms with van der Waals surface area (Å²) in [6, 6.07) is 4.35. The van der Waals surface area contributed by atoms with Crippen LogP contribution in [-0.2, 0) is 5.41 Å². The maximum Gasteiger partial charge on any atom is 0.0701 e. The molecule has 0 aromatic carbocycles. The molecule has 0 radical (unpaired) electrons. The standard InChI is InChI=1S/C14H23BrN2S/c1-13(2,11-4-5-12(15)18-11)9-17-10-14(8-16)6-3-7-14/h4-5,17H,3,6-10,16H2,1-2H3. The van der Waals surface area contributed by atoms with Gasteiger partial charge in [0.15, 0.2) is 0 Å². The Bertz CT molecular complexity index is 391. The van der Waals surface area contributed by atoms with E-state index in [0.29, 0.717) is 5.41 Å². The zero-order valence-electron chi connectivity index (χ0n) is 11.3. The molecule has 1 aromatic heterocycles. The SMILES string of the molecule is CC(C)(CNCC1(CN)CCC1)c1ccc(Br)s1. The lowest BCUT2D eigenvalue weighted by Gasteiger charge is -2.42. The van der Waals surface area contributed by atoms with Crippen LogP contribution in [0, 0.1) is 5.41 Å². The van der Waals surface area contributed by atoms with Gasteiger partial charge in [-0.25, -0.2) is 0 Å². The molecule has 1 aliphatic rings. The summed E-state index contributed by atoms with van der Waals surface area (Å²) in [6.07, 6.45) is 3.93. The van der Waals surface area contributed by atoms with Crippen molar-refractivity contribution in [1.82, 2.24) is 5.32 Å². The summed E-state index contributed by atoms with van der Waals surface area (Å²) < 4.78 is 1.21. The molecule has 0 bridgehead atoms. The quantitative estimate of drug-likeness (QED) is 0.837. The van der Waals surface area contributed by atoms with Gasteiger partial charge in [0, 0.05) is 23.4 Å². The lowest BCUT2D eigenvalue weighted by atomic mass is 9.68. The van der Waals surface area contributed by atoms with Crippen LogP contribution in [0.1, 0.15) is 38.0 Å². The van der Waals surface area contributed by atoms with Crippen LogP contribution in [0.4, 0.5) is 0 Å². The first-order valence-corrected chi connectivity index (χ1v) is 8.25. The van der Waals surface area contributed by atoms with Crippen LogP contribution in [0.5, 0.6) is 0 Å². The van der Waals surface area contributed by atoms with Crippen LogP contribution in [0.3, 0.4) is 0 Å². The Morgan fingerprint density at radius 2 is 2.17 bits per heavy atom. The van der Waals surface area contributed by atoms with Crippen molar-refractivity contribution in [3.8, 4) is 0 Å². The molecule has 1 aromatic rings. The molecule has 1 fully saturated rings. The van der Waals surface area contributed by atoms with Gasteiger partial charge in [-0.15, -0.1) is 11.3 Å². The molecule has 18 heavy (non-hydrogen) atoms. The molecule has 2 nitrogen and oxygen atoms in total. The van der Waals surface area contributed by atoms with Crippen LogP contribution in [-0.4, -0.2) is 19.6 Å². The number of nitrogens with two attached hydrogens (primary N) is 1. The first-order chi connectivity index (χ1) is 8.47. The molecule has 2 rings (SSSR count). The van der Waals surface area contributed by atoms with Crippen LogP contribution < -0.4 is 11.1 Å². The molecule has 1 heterocycles. The van der Waals surface area contributed by atoms with Gasteiger partial charge in [-0.2, -0.15) is 0 Å². The molecule has 0 unspecified atom stereocenters. The normalized spacial score (nSPS) is 18.7. The lowest BCUT2D eigenvalue weighted by molar-refractivity contribution is 0.139. The third-order valence-electron chi connectivity index (χ3n) is 4.15. The maximum atomic E-state index is 5.89. The highest BCUT2D eigenvalue weighted by Gasteiger charge is 2.35. The number of nitrogens with one attached hydrogen (secondary N) is 1. The second kappa shape index (κ2) is 5.61. The molecule has 0 spiro atoms. The van der Waals surface area contributed by atoms with E-state index < -0.39 is 0 Å². The smallest absolute Gasteiger partial charge is 0.0701 e. The minimum atomic E-state index is 0.191. The van der Waals surface area contributed by atoms with Gasteiger partial charge in [0.1, 0.15) is 0 Å². The summed E-state index contributed by atoms with van der Waals surface area (Å²) in [7, 11) is 0. The zero-order chi connectivity index (χ0) is 13.2. The third-order valence-corrected chi connectivity index (χ3v) is 6.14. The van der Waals surface area contributed by atoms with Crippen molar-refractivity contribution >= 4 is 27.3 Å². The van der Waals surface area contributed by atoms with Crippen molar-refractivity contribution in [2.45, 2.75) is 38.5 Å². The maximum absolute atomic E-state index is 5.89. The Labute approximate surface area is 122 Å². The molecule has 4 heteroatoms. The van der Waals surface area contributed by atoms with E-state index in [1.165, 1.54) is 27.9 Å². The Morgan fingerprint density at radius 3 is 2.61 bits per heavy atom. The highest BCUT2D eigenvalue weighted by atomic mass is 79.9. The Morgan fingerprint density at radius 1 is 1.44 bits per heavy atom. The number of hydrogen-bond donors (Lipinski definition) is 2. The van der Waals surface area contributed by atoms with Crippen molar-refractivity contribution in [2.24, 2.45) is 11.1 Å². The monoisotopic (exact) mass is 330 g/mol. The second-order valence-corrected chi connectivity index (χ2v) is 8.61. The predicted molar refractivity (Wildman–Crippen MR) is 83.3 cm³/mol. The molecule has 0 amide bonds. The van der Waals surface area contributed by atoms with Crippen LogP contribution in [0.25, 0.3) is 0 Å². The van der Waals surface area contributed by atoms with Crippen LogP contribution >= 0.6 is 27.3 Å². The van der Waals surface area contributed by atoms with E-state index in [1.54, 1.807) is 0 Å². The molecule has 0 atom stereocenters. The number of hydrogen-bond acceptors (Lipinski definition) is 3. The van der Waals surface area contributed by atoms with E-state index in [2.05, 4.69) is 47.2 Å². The molecule has 1 aliphatic carbocycles. The van der Waals surface area contributed by atoms with Crippen molar-refractivity contribution in [3.05, 3.63) is 20.8 Å². The van der Waals surface area contributed by atoms with Gasteiger partial charge in [0.25, 0.3) is 0 Å². The van der Waals surface area contributed by atoms with Crippen molar-refractivity contribution in [2.75, 3.05) is 19.6 Å². The minimum absolute atomic E-state index is 0.191. The van der Waals surface area contributed by atoms with Crippen LogP contribution in [0.15, 0.2) is 15.9 Å². The molecule has 3 N–H and O–H groups in total. The van der Waals surface area contributed by atoms with E-state index >= 15 is 0 Å². The van der Waals surface area contributed by atoms with Crippen LogP contribution in [0.2, 0.25) is 0 Å². The summed E-state index contributed by atoms with van der Waals surface area (Å²) in [5.41, 5.74) is 6.47. The molecular weight excluding hydrogens is 308 g/mol. The molecule has 0 saturated heterocycles. The van der Waals surface area contributed by atoms with E-state index in [0.717, 1.165) is 19.6 Å². The predicted octanol–water partition coefficient (Wildman–Crippen LogP) is 3.51. The highest BCUT2D eigenvalue weighted by Crippen LogP contribution is 2.39. The summed E-state index contributed by atoms with van der Waals surface area (Å²) >= 11 is 5.37. The second-order valence-electron chi connectivity index (χ2n) is 6.15. The summed E-state index contributed by atoms with van der Waals surface area (Å²) in [4.78, 5) is 1.43. The van der Waals surface area contributed by atoms with Crippen molar-refractivity contribution in [1.29, 1.82) is 0 Å². The average Bonchev–Trinajstić information content (AvgIpc) is 2.70. The third kappa shape index (κ3) is 3.16. The van der Waals surface area contributed by atoms with Gasteiger partial charge in [-0.05, 0) is 52.9 Å². The van der Waals surface area contributed by atoms with Gasteiger partial charge in [-0.1, -0.05) is 20.3 Å². The first kappa shape index (κ1) is 14.5. The fourth-order valence-electron chi connectivity index (χ4n) is 2.54. The Balaban J connectivity index is 1.85. The number of thiophene rings is 1. The molecule has 0 aliphatic heterocycles. The number of halogens is 1. The van der Waals surface area contributed by atoms with Gasteiger partial charge < -0.3 is 11.1 Å². The Kier molecular flexibility index (Phi) is 4.52. The molecule has 102 valence electrons. The average molecular weight is 331 g/mol. The van der Waals surface area contributed by atoms with E-state index in [4.69, 9.17) is 5.73 Å². The van der Waals surface area contributed by atoms with E-state index in [1.807, 2.05) is 11.3 Å². The lowest BCUT2D eigenvalue weighted by Crippen LogP contribution is -2.47. The summed E-state index contributed by atoms with van der Waals surface area (Å²) in [5.74, 6) is 0. The molecular formula is C14H23BrN2S. The highest BCUT2D eigenvalue weighted by molar-refractivity contribution is 9.11. The van der Waals surface area contributed by atoms with Gasteiger partial charge in [0.2, 0.25) is 0 Å². The minimum Gasteiger partial charge on any atom is -0.330 e. The Hall–Kier alpha value is 0.1000. The summed E-state index contributed by atoms with van der Waals surface area (Å²) in [6.45, 7) is 7.51. The van der Waals surface area contributed by atoms with Gasteiger partial charge in [-0.3, -0.25) is 0 Å². The fourth-order valence-corrected chi connectivity index (χ4v) is 4.02. The first-order valence-electron chi connectivity index (χ1n) is 6.64. The molecule has 1 saturated carbocycles. The van der Waals surface area contributed by atoms with Gasteiger partial charge >= 0.3 is 0 Å². The van der Waals surface area contributed by atoms with Gasteiger partial charge in [0.05, 0.1) is 3.79 Å². The van der Waals surface area contributed by atoms with Crippen molar-refractivity contribution in [3.63, 3.8) is 0 Å². The fraction of sp³-hybridized carbons (Fsp3) is 0.714. The van der Waals surface area contributed by atoms with E-state index in [-0.39, 0.29) is 5.41 Å². The topological polar surface area (TPSA) is 38.0 Å². The largest absolute Gasteiger partial charge is 0.330 e. The van der Waals surface area contributed by atoms with E-state index in [9.17, 15) is 0 Å². The summed E-state index contributed by atoms with van der Waals surface area (Å²) in [5, 5.41) is 3.64.